The van der Waals surface area contributed by atoms with E-state index < -0.39 is 16.4 Å². The van der Waals surface area contributed by atoms with E-state index in [0.717, 1.165) is 15.7 Å². The Balaban J connectivity index is 2.02. The molecule has 160 valence electrons. The van der Waals surface area contributed by atoms with Gasteiger partial charge >= 0.3 is 6.09 Å². The number of nitro groups is 1. The number of para-hydroxylation sites is 1. The molecule has 0 bridgehead atoms. The molecule has 1 spiro atoms. The molecular formula is C22H20BrN3O5. The summed E-state index contributed by atoms with van der Waals surface area (Å²) >= 11 is 3.58. The molecule has 2 aromatic rings. The molecule has 0 aromatic heterocycles. The summed E-state index contributed by atoms with van der Waals surface area (Å²) < 4.78 is 5.87. The van der Waals surface area contributed by atoms with Crippen LogP contribution in [-0.4, -0.2) is 42.0 Å². The van der Waals surface area contributed by atoms with Crippen LogP contribution in [0.5, 0.6) is 0 Å². The van der Waals surface area contributed by atoms with Crippen LogP contribution in [0.3, 0.4) is 0 Å². The second kappa shape index (κ2) is 7.81. The summed E-state index contributed by atoms with van der Waals surface area (Å²) in [5.74, 6) is -0.192. The molecule has 31 heavy (non-hydrogen) atoms. The van der Waals surface area contributed by atoms with E-state index in [-0.39, 0.29) is 31.2 Å². The van der Waals surface area contributed by atoms with Crippen molar-refractivity contribution in [3.05, 3.63) is 74.4 Å². The Hall–Kier alpha value is -3.20. The van der Waals surface area contributed by atoms with Crippen molar-refractivity contribution >= 4 is 44.9 Å². The highest BCUT2D eigenvalue weighted by molar-refractivity contribution is 9.10. The van der Waals surface area contributed by atoms with Gasteiger partial charge in [0, 0.05) is 47.2 Å². The van der Waals surface area contributed by atoms with Crippen molar-refractivity contribution in [3.8, 4) is 0 Å². The van der Waals surface area contributed by atoms with Crippen molar-refractivity contribution in [2.24, 2.45) is 0 Å². The molecule has 8 nitrogen and oxygen atoms in total. The Morgan fingerprint density at radius 3 is 2.71 bits per heavy atom. The van der Waals surface area contributed by atoms with Crippen LogP contribution < -0.4 is 4.90 Å². The van der Waals surface area contributed by atoms with Crippen LogP contribution in [0.15, 0.2) is 53.1 Å². The van der Waals surface area contributed by atoms with E-state index in [0.29, 0.717) is 11.1 Å². The van der Waals surface area contributed by atoms with Crippen molar-refractivity contribution in [1.29, 1.82) is 0 Å². The molecule has 0 aliphatic carbocycles. The van der Waals surface area contributed by atoms with E-state index in [4.69, 9.17) is 4.74 Å². The van der Waals surface area contributed by atoms with Gasteiger partial charge in [-0.1, -0.05) is 34.1 Å². The number of nitrogens with zero attached hydrogens (tertiary/aromatic N) is 3. The fraction of sp³-hybridized carbons (Fsp3) is 0.273. The number of ether oxygens (including phenoxy) is 1. The minimum Gasteiger partial charge on any atom is -0.449 e. The van der Waals surface area contributed by atoms with Gasteiger partial charge in [0.05, 0.1) is 17.1 Å². The number of hydrogen-bond acceptors (Lipinski definition) is 5. The summed E-state index contributed by atoms with van der Waals surface area (Å²) in [5.41, 5.74) is 0.881. The topological polar surface area (TPSA) is 93.0 Å². The van der Waals surface area contributed by atoms with Crippen molar-refractivity contribution in [1.82, 2.24) is 4.90 Å². The molecule has 2 amide bonds. The van der Waals surface area contributed by atoms with Gasteiger partial charge in [0.15, 0.2) is 0 Å². The van der Waals surface area contributed by atoms with Gasteiger partial charge in [-0.2, -0.15) is 0 Å². The van der Waals surface area contributed by atoms with Gasteiger partial charge in [-0.3, -0.25) is 19.8 Å². The predicted octanol–water partition coefficient (Wildman–Crippen LogP) is 4.47. The number of benzene rings is 2. The minimum absolute atomic E-state index is 0.130. The van der Waals surface area contributed by atoms with Crippen LogP contribution in [-0.2, 0) is 14.9 Å². The van der Waals surface area contributed by atoms with Gasteiger partial charge in [-0.05, 0) is 31.5 Å². The first kappa shape index (κ1) is 21.0. The standard InChI is InChI=1S/C22H20BrN3O5/c1-3-31-21(28)25-12-11-22(15(13-25)14-7-4-5-9-17(14)26(29)30)19-16(23)8-6-10-18(19)24(2)20(22)27/h4-10,13H,3,11-12H2,1-2H3. The summed E-state index contributed by atoms with van der Waals surface area (Å²) in [6.45, 7) is 2.15. The molecule has 0 saturated heterocycles. The number of amides is 2. The Morgan fingerprint density at radius 1 is 1.26 bits per heavy atom. The lowest BCUT2D eigenvalue weighted by Gasteiger charge is -2.38. The fourth-order valence-electron chi connectivity index (χ4n) is 4.46. The highest BCUT2D eigenvalue weighted by atomic mass is 79.9. The third-order valence-electron chi connectivity index (χ3n) is 5.82. The maximum absolute atomic E-state index is 13.7. The molecular weight excluding hydrogens is 466 g/mol. The highest BCUT2D eigenvalue weighted by Gasteiger charge is 2.56. The summed E-state index contributed by atoms with van der Waals surface area (Å²) in [6, 6.07) is 11.8. The number of carbonyl (C=O) groups is 2. The van der Waals surface area contributed by atoms with Gasteiger partial charge in [0.2, 0.25) is 5.91 Å². The number of carbonyl (C=O) groups excluding carboxylic acids is 2. The smallest absolute Gasteiger partial charge is 0.413 e. The largest absolute Gasteiger partial charge is 0.449 e. The van der Waals surface area contributed by atoms with Crippen LogP contribution in [0.4, 0.5) is 16.2 Å². The van der Waals surface area contributed by atoms with E-state index in [9.17, 15) is 19.7 Å². The Bertz CT molecular complexity index is 1130. The number of anilines is 1. The molecule has 2 aliphatic heterocycles. The molecule has 4 rings (SSSR count). The SMILES string of the molecule is CCOC(=O)N1C=C(c2ccccc2[N+](=O)[O-])C2(CC1)C(=O)N(C)c1cccc(Br)c12. The third-order valence-corrected chi connectivity index (χ3v) is 6.48. The zero-order valence-corrected chi connectivity index (χ0v) is 18.6. The average Bonchev–Trinajstić information content (AvgIpc) is 2.97. The number of halogens is 1. The number of rotatable bonds is 3. The number of nitro benzene ring substituents is 1. The van der Waals surface area contributed by atoms with E-state index in [1.54, 1.807) is 37.1 Å². The van der Waals surface area contributed by atoms with E-state index in [2.05, 4.69) is 15.9 Å². The summed E-state index contributed by atoms with van der Waals surface area (Å²) in [5, 5.41) is 11.8. The Morgan fingerprint density at radius 2 is 2.00 bits per heavy atom. The minimum atomic E-state index is -1.17. The molecule has 0 saturated carbocycles. The second-order valence-electron chi connectivity index (χ2n) is 7.36. The van der Waals surface area contributed by atoms with Gasteiger partial charge < -0.3 is 9.64 Å². The van der Waals surface area contributed by atoms with Crippen molar-refractivity contribution in [2.45, 2.75) is 18.8 Å². The molecule has 2 aromatic carbocycles. The third kappa shape index (κ3) is 3.11. The molecule has 1 unspecified atom stereocenters. The van der Waals surface area contributed by atoms with E-state index >= 15 is 0 Å². The summed E-state index contributed by atoms with van der Waals surface area (Å²) in [4.78, 5) is 40.5. The number of fused-ring (bicyclic) bond motifs is 2. The van der Waals surface area contributed by atoms with E-state index in [1.807, 2.05) is 18.2 Å². The molecule has 9 heteroatoms. The first-order chi connectivity index (χ1) is 14.8. The van der Waals surface area contributed by atoms with Crippen LogP contribution in [0.2, 0.25) is 0 Å². The quantitative estimate of drug-likeness (QED) is 0.472. The first-order valence-electron chi connectivity index (χ1n) is 9.79. The lowest BCUT2D eigenvalue weighted by molar-refractivity contribution is -0.385. The molecule has 0 fully saturated rings. The monoisotopic (exact) mass is 485 g/mol. The maximum atomic E-state index is 13.7. The van der Waals surface area contributed by atoms with Gasteiger partial charge in [0.1, 0.15) is 5.41 Å². The molecule has 1 atom stereocenters. The summed E-state index contributed by atoms with van der Waals surface area (Å²) in [6.07, 6.45) is 1.24. The average molecular weight is 486 g/mol. The second-order valence-corrected chi connectivity index (χ2v) is 8.22. The van der Waals surface area contributed by atoms with Gasteiger partial charge in [-0.25, -0.2) is 4.79 Å². The lowest BCUT2D eigenvalue weighted by Crippen LogP contribution is -2.46. The summed E-state index contributed by atoms with van der Waals surface area (Å²) in [7, 11) is 1.69. The first-order valence-corrected chi connectivity index (χ1v) is 10.6. The van der Waals surface area contributed by atoms with Crippen molar-refractivity contribution < 1.29 is 19.2 Å². The molecule has 0 radical (unpaired) electrons. The van der Waals surface area contributed by atoms with Crippen LogP contribution in [0, 0.1) is 10.1 Å². The zero-order valence-electron chi connectivity index (χ0n) is 17.0. The Labute approximate surface area is 187 Å². The highest BCUT2D eigenvalue weighted by Crippen LogP contribution is 2.56. The van der Waals surface area contributed by atoms with Gasteiger partial charge in [0.25, 0.3) is 5.69 Å². The van der Waals surface area contributed by atoms with E-state index in [1.165, 1.54) is 17.2 Å². The number of hydrogen-bond donors (Lipinski definition) is 0. The molecule has 0 N–H and O–H groups in total. The molecule has 2 aliphatic rings. The lowest BCUT2D eigenvalue weighted by atomic mass is 9.68. The maximum Gasteiger partial charge on any atom is 0.413 e. The van der Waals surface area contributed by atoms with Crippen molar-refractivity contribution in [3.63, 3.8) is 0 Å². The Kier molecular flexibility index (Phi) is 5.30. The normalized spacial score (nSPS) is 20.0. The van der Waals surface area contributed by atoms with Crippen LogP contribution in [0.1, 0.15) is 24.5 Å². The molecule has 2 heterocycles. The predicted molar refractivity (Wildman–Crippen MR) is 119 cm³/mol. The van der Waals surface area contributed by atoms with Crippen LogP contribution >= 0.6 is 15.9 Å². The van der Waals surface area contributed by atoms with Crippen LogP contribution in [0.25, 0.3) is 5.57 Å². The van der Waals surface area contributed by atoms with Crippen molar-refractivity contribution in [2.75, 3.05) is 25.1 Å². The number of likely N-dealkylation sites (N-methyl/N-ethyl adjacent to an activating group) is 1. The zero-order chi connectivity index (χ0) is 22.3. The van der Waals surface area contributed by atoms with Gasteiger partial charge in [-0.15, -0.1) is 0 Å². The fourth-order valence-corrected chi connectivity index (χ4v) is 5.16.